The molecule has 22 heavy (non-hydrogen) atoms. The van der Waals surface area contributed by atoms with Crippen LogP contribution >= 0.6 is 15.1 Å². The summed E-state index contributed by atoms with van der Waals surface area (Å²) in [5.41, 5.74) is 0. The fraction of sp³-hybridized carbons (Fsp3) is 1.00. The minimum absolute atomic E-state index is 0.832. The van der Waals surface area contributed by atoms with E-state index in [-0.39, 0.29) is 0 Å². The Morgan fingerprint density at radius 1 is 0.818 bits per heavy atom. The van der Waals surface area contributed by atoms with Crippen LogP contribution in [-0.2, 0) is 13.6 Å². The van der Waals surface area contributed by atoms with E-state index in [0.29, 0.717) is 0 Å². The summed E-state index contributed by atoms with van der Waals surface area (Å²) in [4.78, 5) is 8.24. The van der Waals surface area contributed by atoms with Gasteiger partial charge in [0.1, 0.15) is 0 Å². The largest absolute Gasteiger partial charge is 0.471 e. The molecule has 0 heterocycles. The summed E-state index contributed by atoms with van der Waals surface area (Å²) in [6.45, 7) is 9.49. The molecular weight excluding hydrogens is 318 g/mol. The maximum Gasteiger partial charge on any atom is 0.471 e. The normalized spacial score (nSPS) is 12.7. The molecule has 0 saturated heterocycles. The number of phosphoric acid groups is 1. The van der Waals surface area contributed by atoms with Crippen molar-refractivity contribution in [3.8, 4) is 0 Å². The van der Waals surface area contributed by atoms with E-state index in [1.165, 1.54) is 44.7 Å². The zero-order chi connectivity index (χ0) is 17.5. The van der Waals surface area contributed by atoms with Gasteiger partial charge in [-0.1, -0.05) is 0 Å². The molecule has 0 spiro atoms. The molecule has 0 aliphatic carbocycles. The van der Waals surface area contributed by atoms with Crippen molar-refractivity contribution in [1.29, 1.82) is 0 Å². The van der Waals surface area contributed by atoms with Gasteiger partial charge in [-0.05, 0) is 0 Å². The van der Waals surface area contributed by atoms with Gasteiger partial charge >= 0.3 is 106 Å². The van der Waals surface area contributed by atoms with Crippen molar-refractivity contribution in [2.24, 2.45) is 0 Å². The van der Waals surface area contributed by atoms with Crippen molar-refractivity contribution >= 4 is 15.1 Å². The number of rotatable bonds is 12. The van der Waals surface area contributed by atoms with Gasteiger partial charge in [0.2, 0.25) is 0 Å². The topological polar surface area (TPSA) is 55.8 Å². The van der Waals surface area contributed by atoms with Gasteiger partial charge in [0.25, 0.3) is 0 Å². The molecule has 0 saturated carbocycles. The van der Waals surface area contributed by atoms with Gasteiger partial charge in [-0.25, -0.2) is 4.57 Å². The van der Waals surface area contributed by atoms with Crippen molar-refractivity contribution in [2.45, 2.75) is 66.2 Å². The van der Waals surface area contributed by atoms with Crippen LogP contribution in [0.3, 0.4) is 0 Å². The maximum absolute atomic E-state index is 10.1. The van der Waals surface area contributed by atoms with Crippen LogP contribution in [0.25, 0.3) is 0 Å². The van der Waals surface area contributed by atoms with E-state index >= 15 is 0 Å². The molecule has 0 aliphatic rings. The van der Waals surface area contributed by atoms with Gasteiger partial charge in [-0.2, -0.15) is 0 Å². The second kappa shape index (κ2) is 15.1. The summed E-state index contributed by atoms with van der Waals surface area (Å²) in [7, 11) is -2.28. The third-order valence-corrected chi connectivity index (χ3v) is 11.1. The Morgan fingerprint density at radius 3 is 1.27 bits per heavy atom. The standard InChI is InChI=1S/C14H33P.C2H7O4P/c1-5-9-12-15(8-4,13-10-6-2)14-11-7-3;1-5-7(3,4)6-2/h15H,5-14H2,1-4H3;1-2H3,(H,3,4). The van der Waals surface area contributed by atoms with Crippen LogP contribution < -0.4 is 0 Å². The Hall–Kier alpha value is 0.540. The van der Waals surface area contributed by atoms with Crippen molar-refractivity contribution < 1.29 is 18.5 Å². The Balaban J connectivity index is 0. The fourth-order valence-electron chi connectivity index (χ4n) is 2.64. The molecule has 138 valence electrons. The summed E-state index contributed by atoms with van der Waals surface area (Å²) < 4.78 is 18.0. The van der Waals surface area contributed by atoms with Crippen molar-refractivity contribution in [1.82, 2.24) is 0 Å². The van der Waals surface area contributed by atoms with Crippen LogP contribution in [0.15, 0.2) is 0 Å². The van der Waals surface area contributed by atoms with Crippen LogP contribution in [0.4, 0.5) is 0 Å². The molecule has 0 aromatic rings. The molecule has 4 nitrogen and oxygen atoms in total. The Labute approximate surface area is 139 Å². The van der Waals surface area contributed by atoms with E-state index < -0.39 is 15.1 Å². The van der Waals surface area contributed by atoms with E-state index in [0.717, 1.165) is 14.2 Å². The first kappa shape index (κ1) is 24.8. The zero-order valence-electron chi connectivity index (χ0n) is 15.7. The third-order valence-electron chi connectivity index (χ3n) is 4.39. The zero-order valence-corrected chi connectivity index (χ0v) is 17.6. The molecule has 0 atom stereocenters. The van der Waals surface area contributed by atoms with Gasteiger partial charge in [-0.3, -0.25) is 9.05 Å². The summed E-state index contributed by atoms with van der Waals surface area (Å²) in [5, 5.41) is 0. The Bertz CT molecular complexity index is 256. The first-order valence-electron chi connectivity index (χ1n) is 8.81. The van der Waals surface area contributed by atoms with Gasteiger partial charge in [-0.15, -0.1) is 0 Å². The molecule has 0 radical (unpaired) electrons. The minimum Gasteiger partial charge on any atom is -0.303 e. The van der Waals surface area contributed by atoms with E-state index in [1.54, 1.807) is 18.5 Å². The number of hydrogen-bond acceptors (Lipinski definition) is 3. The van der Waals surface area contributed by atoms with E-state index in [9.17, 15) is 4.57 Å². The van der Waals surface area contributed by atoms with Crippen LogP contribution in [0.5, 0.6) is 0 Å². The average molecular weight is 358 g/mol. The predicted molar refractivity (Wildman–Crippen MR) is 102 cm³/mol. The van der Waals surface area contributed by atoms with E-state index in [2.05, 4.69) is 36.7 Å². The number of unbranched alkanes of at least 4 members (excludes halogenated alkanes) is 3. The second-order valence-electron chi connectivity index (χ2n) is 6.00. The molecule has 0 aromatic carbocycles. The quantitative estimate of drug-likeness (QED) is 0.466. The van der Waals surface area contributed by atoms with Gasteiger partial charge in [0, 0.05) is 14.2 Å². The molecule has 0 bridgehead atoms. The number of hydrogen-bond donors (Lipinski definition) is 1. The van der Waals surface area contributed by atoms with Gasteiger partial charge < -0.3 is 4.89 Å². The molecule has 0 aromatic heterocycles. The monoisotopic (exact) mass is 358 g/mol. The molecule has 1 N–H and O–H groups in total. The minimum atomic E-state index is -3.65. The molecule has 0 aliphatic heterocycles. The fourth-order valence-corrected chi connectivity index (χ4v) is 7.91. The van der Waals surface area contributed by atoms with Gasteiger partial charge in [0.05, 0.1) is 0 Å². The number of phosphoric ester groups is 1. The third kappa shape index (κ3) is 13.0. The molecule has 0 unspecified atom stereocenters. The summed E-state index contributed by atoms with van der Waals surface area (Å²) in [6, 6.07) is 0. The van der Waals surface area contributed by atoms with Gasteiger partial charge in [0.15, 0.2) is 0 Å². The maximum atomic E-state index is 10.1. The van der Waals surface area contributed by atoms with E-state index in [1.807, 2.05) is 0 Å². The van der Waals surface area contributed by atoms with Crippen LogP contribution in [-0.4, -0.2) is 43.8 Å². The summed E-state index contributed by atoms with van der Waals surface area (Å²) >= 11 is 0. The van der Waals surface area contributed by atoms with Crippen LogP contribution in [0.1, 0.15) is 66.2 Å². The Kier molecular flexibility index (Phi) is 17.0. The SMILES string of the molecule is CCCC[PH](CC)(CCCC)CCCC.COP(=O)(O)OC. The predicted octanol–water partition coefficient (Wildman–Crippen LogP) is 5.54. The Morgan fingerprint density at radius 2 is 1.14 bits per heavy atom. The molecule has 0 fully saturated rings. The van der Waals surface area contributed by atoms with Crippen molar-refractivity contribution in [3.63, 3.8) is 0 Å². The molecule has 0 rings (SSSR count). The van der Waals surface area contributed by atoms with E-state index in [4.69, 9.17) is 4.89 Å². The summed E-state index contributed by atoms with van der Waals surface area (Å²) in [6.07, 6.45) is 15.0. The van der Waals surface area contributed by atoms with Crippen LogP contribution in [0, 0.1) is 0 Å². The average Bonchev–Trinajstić information content (AvgIpc) is 2.55. The molecule has 6 heteroatoms. The van der Waals surface area contributed by atoms with Crippen molar-refractivity contribution in [3.05, 3.63) is 0 Å². The van der Waals surface area contributed by atoms with Crippen LogP contribution in [0.2, 0.25) is 0 Å². The summed E-state index contributed by atoms with van der Waals surface area (Å²) in [5.74, 6) is 0. The van der Waals surface area contributed by atoms with Crippen molar-refractivity contribution in [2.75, 3.05) is 38.9 Å². The smallest absolute Gasteiger partial charge is 0.303 e. The first-order valence-corrected chi connectivity index (χ1v) is 13.1. The molecule has 0 amide bonds. The first-order chi connectivity index (χ1) is 10.4. The second-order valence-corrected chi connectivity index (χ2v) is 12.9. The molecular formula is C16H40O4P2.